The smallest absolute Gasteiger partial charge is 0.0408 e. The molecule has 1 rings (SSSR count). The lowest BCUT2D eigenvalue weighted by molar-refractivity contribution is 0.958. The molecule has 1 nitrogen and oxygen atoms in total. The highest BCUT2D eigenvalue weighted by molar-refractivity contribution is 5.51. The number of hydrogen-bond acceptors (Lipinski definition) is 1. The van der Waals surface area contributed by atoms with E-state index in [9.17, 15) is 0 Å². The lowest BCUT2D eigenvalue weighted by Gasteiger charge is -2.22. The molecule has 0 saturated heterocycles. The quantitative estimate of drug-likeness (QED) is 0.681. The highest BCUT2D eigenvalue weighted by Gasteiger charge is 2.02. The monoisotopic (exact) mass is 175 g/mol. The molecule has 0 saturated carbocycles. The van der Waals surface area contributed by atoms with Crippen LogP contribution in [0.3, 0.4) is 0 Å². The van der Waals surface area contributed by atoms with Gasteiger partial charge < -0.3 is 4.90 Å². The zero-order chi connectivity index (χ0) is 9.84. The highest BCUT2D eigenvalue weighted by Crippen LogP contribution is 2.17. The van der Waals surface area contributed by atoms with Gasteiger partial charge in [-0.1, -0.05) is 24.3 Å². The van der Waals surface area contributed by atoms with Gasteiger partial charge in [-0.3, -0.25) is 0 Å². The number of aryl methyl sites for hydroxylation is 1. The van der Waals surface area contributed by atoms with E-state index >= 15 is 0 Å². The summed E-state index contributed by atoms with van der Waals surface area (Å²) in [7, 11) is 0. The summed E-state index contributed by atoms with van der Waals surface area (Å²) in [6, 6.07) is 8.52. The fraction of sp³-hybridized carbons (Fsp3) is 0.333. The van der Waals surface area contributed by atoms with Crippen molar-refractivity contribution in [2.24, 2.45) is 0 Å². The standard InChI is InChI=1S/C12H17N/c1-5-13(10(2)3)12-8-6-11(4)7-9-12/h6-9H,2,5H2,1,3-4H3. The molecule has 1 aromatic carbocycles. The molecule has 0 aliphatic rings. The highest BCUT2D eigenvalue weighted by atomic mass is 15.1. The number of rotatable bonds is 3. The maximum absolute atomic E-state index is 3.95. The Morgan fingerprint density at radius 2 is 1.85 bits per heavy atom. The third kappa shape index (κ3) is 2.35. The van der Waals surface area contributed by atoms with Gasteiger partial charge >= 0.3 is 0 Å². The molecule has 0 aliphatic carbocycles. The van der Waals surface area contributed by atoms with Crippen LogP contribution in [0.4, 0.5) is 5.69 Å². The van der Waals surface area contributed by atoms with Gasteiger partial charge in [-0.15, -0.1) is 0 Å². The molecule has 0 aliphatic heterocycles. The van der Waals surface area contributed by atoms with Crippen molar-refractivity contribution in [1.29, 1.82) is 0 Å². The van der Waals surface area contributed by atoms with Crippen LogP contribution in [0.5, 0.6) is 0 Å². The Labute approximate surface area is 80.7 Å². The van der Waals surface area contributed by atoms with Crippen molar-refractivity contribution in [3.8, 4) is 0 Å². The average molecular weight is 175 g/mol. The van der Waals surface area contributed by atoms with Crippen molar-refractivity contribution in [1.82, 2.24) is 0 Å². The topological polar surface area (TPSA) is 3.24 Å². The van der Waals surface area contributed by atoms with Crippen LogP contribution in [0.15, 0.2) is 36.5 Å². The van der Waals surface area contributed by atoms with E-state index in [2.05, 4.69) is 49.6 Å². The average Bonchev–Trinajstić information content (AvgIpc) is 2.09. The van der Waals surface area contributed by atoms with Crippen LogP contribution in [0.25, 0.3) is 0 Å². The van der Waals surface area contributed by atoms with Crippen molar-refractivity contribution in [2.75, 3.05) is 11.4 Å². The molecule has 0 atom stereocenters. The minimum absolute atomic E-state index is 0.971. The number of anilines is 1. The minimum atomic E-state index is 0.971. The second kappa shape index (κ2) is 4.13. The van der Waals surface area contributed by atoms with Gasteiger partial charge in [0.2, 0.25) is 0 Å². The van der Waals surface area contributed by atoms with Crippen molar-refractivity contribution in [3.63, 3.8) is 0 Å². The summed E-state index contributed by atoms with van der Waals surface area (Å²) < 4.78 is 0. The molecule has 13 heavy (non-hydrogen) atoms. The summed E-state index contributed by atoms with van der Waals surface area (Å²) in [5, 5.41) is 0. The molecule has 0 fully saturated rings. The first-order chi connectivity index (χ1) is 6.15. The molecular formula is C12H17N. The first kappa shape index (κ1) is 9.85. The van der Waals surface area contributed by atoms with Gasteiger partial charge in [-0.05, 0) is 32.9 Å². The van der Waals surface area contributed by atoms with Crippen molar-refractivity contribution < 1.29 is 0 Å². The Kier molecular flexibility index (Phi) is 3.13. The molecular weight excluding hydrogens is 158 g/mol. The molecule has 0 spiro atoms. The molecule has 0 unspecified atom stereocenters. The van der Waals surface area contributed by atoms with Gasteiger partial charge in [0.05, 0.1) is 0 Å². The fourth-order valence-corrected chi connectivity index (χ4v) is 1.40. The number of nitrogens with zero attached hydrogens (tertiary/aromatic N) is 1. The summed E-state index contributed by atoms with van der Waals surface area (Å²) >= 11 is 0. The lowest BCUT2D eigenvalue weighted by atomic mass is 10.2. The van der Waals surface area contributed by atoms with Crippen molar-refractivity contribution in [2.45, 2.75) is 20.8 Å². The molecule has 0 aromatic heterocycles. The van der Waals surface area contributed by atoms with Gasteiger partial charge in [0.15, 0.2) is 0 Å². The summed E-state index contributed by atoms with van der Waals surface area (Å²) in [6.45, 7) is 11.2. The predicted octanol–water partition coefficient (Wildman–Crippen LogP) is 3.35. The van der Waals surface area contributed by atoms with E-state index in [1.165, 1.54) is 11.3 Å². The van der Waals surface area contributed by atoms with Gasteiger partial charge in [0.25, 0.3) is 0 Å². The predicted molar refractivity (Wildman–Crippen MR) is 59.0 cm³/mol. The second-order valence-electron chi connectivity index (χ2n) is 3.32. The van der Waals surface area contributed by atoms with E-state index in [1.807, 2.05) is 6.92 Å². The fourth-order valence-electron chi connectivity index (χ4n) is 1.40. The molecule has 0 N–H and O–H groups in total. The molecule has 1 heteroatoms. The molecule has 0 heterocycles. The molecule has 0 bridgehead atoms. The largest absolute Gasteiger partial charge is 0.346 e. The van der Waals surface area contributed by atoms with Crippen LogP contribution >= 0.6 is 0 Å². The molecule has 0 radical (unpaired) electrons. The van der Waals surface area contributed by atoms with Crippen LogP contribution in [0.1, 0.15) is 19.4 Å². The Morgan fingerprint density at radius 3 is 2.23 bits per heavy atom. The summed E-state index contributed by atoms with van der Waals surface area (Å²) in [6.07, 6.45) is 0. The van der Waals surface area contributed by atoms with E-state index < -0.39 is 0 Å². The normalized spacial score (nSPS) is 9.77. The van der Waals surface area contributed by atoms with E-state index in [0.717, 1.165) is 12.2 Å². The lowest BCUT2D eigenvalue weighted by Crippen LogP contribution is -2.19. The zero-order valence-electron chi connectivity index (χ0n) is 8.67. The zero-order valence-corrected chi connectivity index (χ0v) is 8.67. The molecule has 0 amide bonds. The number of allylic oxidation sites excluding steroid dienone is 1. The van der Waals surface area contributed by atoms with Gasteiger partial charge in [-0.2, -0.15) is 0 Å². The third-order valence-corrected chi connectivity index (χ3v) is 2.12. The Morgan fingerprint density at radius 1 is 1.31 bits per heavy atom. The SMILES string of the molecule is C=C(C)N(CC)c1ccc(C)cc1. The first-order valence-corrected chi connectivity index (χ1v) is 4.65. The van der Waals surface area contributed by atoms with Gasteiger partial charge in [0.1, 0.15) is 0 Å². The maximum Gasteiger partial charge on any atom is 0.0408 e. The summed E-state index contributed by atoms with van der Waals surface area (Å²) in [4.78, 5) is 2.19. The third-order valence-electron chi connectivity index (χ3n) is 2.12. The van der Waals surface area contributed by atoms with Crippen molar-refractivity contribution >= 4 is 5.69 Å². The van der Waals surface area contributed by atoms with Gasteiger partial charge in [-0.25, -0.2) is 0 Å². The maximum atomic E-state index is 3.95. The molecule has 70 valence electrons. The minimum Gasteiger partial charge on any atom is -0.346 e. The second-order valence-corrected chi connectivity index (χ2v) is 3.32. The molecule has 1 aromatic rings. The summed E-state index contributed by atoms with van der Waals surface area (Å²) in [5.74, 6) is 0. The number of hydrogen-bond donors (Lipinski definition) is 0. The van der Waals surface area contributed by atoms with E-state index in [0.29, 0.717) is 0 Å². The first-order valence-electron chi connectivity index (χ1n) is 4.65. The Balaban J connectivity index is 2.92. The van der Waals surface area contributed by atoms with Gasteiger partial charge in [0, 0.05) is 17.9 Å². The van der Waals surface area contributed by atoms with E-state index in [1.54, 1.807) is 0 Å². The number of benzene rings is 1. The Hall–Kier alpha value is -1.24. The van der Waals surface area contributed by atoms with Crippen LogP contribution in [-0.4, -0.2) is 6.54 Å². The van der Waals surface area contributed by atoms with Crippen LogP contribution < -0.4 is 4.90 Å². The van der Waals surface area contributed by atoms with Crippen LogP contribution in [0, 0.1) is 6.92 Å². The van der Waals surface area contributed by atoms with Crippen molar-refractivity contribution in [3.05, 3.63) is 42.1 Å². The van der Waals surface area contributed by atoms with E-state index in [4.69, 9.17) is 0 Å². The van der Waals surface area contributed by atoms with Crippen LogP contribution in [-0.2, 0) is 0 Å². The Bertz CT molecular complexity index is 284. The van der Waals surface area contributed by atoms with Crippen LogP contribution in [0.2, 0.25) is 0 Å². The van der Waals surface area contributed by atoms with E-state index in [-0.39, 0.29) is 0 Å². The summed E-state index contributed by atoms with van der Waals surface area (Å²) in [5.41, 5.74) is 3.61.